The van der Waals surface area contributed by atoms with Gasteiger partial charge in [-0.3, -0.25) is 10.1 Å². The van der Waals surface area contributed by atoms with E-state index in [9.17, 15) is 10.1 Å². The maximum absolute atomic E-state index is 11.1. The maximum Gasteiger partial charge on any atom is 0.271 e. The summed E-state index contributed by atoms with van der Waals surface area (Å²) in [6, 6.07) is 6.08. The highest BCUT2D eigenvalue weighted by Gasteiger charge is 2.25. The minimum absolute atomic E-state index is 0.0906. The fraction of sp³-hybridized carbons (Fsp3) is 0.562. The van der Waals surface area contributed by atoms with Crippen molar-refractivity contribution >= 4 is 38.1 Å². The zero-order chi connectivity index (χ0) is 18.1. The second-order valence-electron chi connectivity index (χ2n) is 8.40. The van der Waals surface area contributed by atoms with Gasteiger partial charge in [-0.2, -0.15) is 5.10 Å². The molecule has 0 N–H and O–H groups in total. The van der Waals surface area contributed by atoms with Crippen molar-refractivity contribution < 1.29 is 9.66 Å². The number of ether oxygens (including phenoxy) is 1. The van der Waals surface area contributed by atoms with Gasteiger partial charge in [0, 0.05) is 32.2 Å². The number of rotatable bonds is 7. The molecule has 2 rings (SSSR count). The van der Waals surface area contributed by atoms with Crippen molar-refractivity contribution in [2.75, 3.05) is 6.61 Å². The van der Waals surface area contributed by atoms with Gasteiger partial charge in [0.1, 0.15) is 14.8 Å². The monoisotopic (exact) mass is 365 g/mol. The summed E-state index contributed by atoms with van der Waals surface area (Å²) in [5.41, 5.74) is 0.877. The first-order chi connectivity index (χ1) is 11.0. The van der Waals surface area contributed by atoms with Crippen molar-refractivity contribution in [2.24, 2.45) is 0 Å². The van der Waals surface area contributed by atoms with Crippen LogP contribution in [0.2, 0.25) is 45.3 Å². The maximum atomic E-state index is 11.1. The molecule has 24 heavy (non-hydrogen) atoms. The van der Waals surface area contributed by atoms with Crippen LogP contribution < -0.4 is 5.32 Å². The number of hydrogen-bond donors (Lipinski definition) is 0. The molecule has 132 valence electrons. The van der Waals surface area contributed by atoms with E-state index in [1.807, 2.05) is 6.07 Å². The Morgan fingerprint density at radius 1 is 1.21 bits per heavy atom. The summed E-state index contributed by atoms with van der Waals surface area (Å²) in [4.78, 5) is 10.7. The summed E-state index contributed by atoms with van der Waals surface area (Å²) in [6.07, 6.45) is 0. The van der Waals surface area contributed by atoms with E-state index in [4.69, 9.17) is 9.84 Å². The summed E-state index contributed by atoms with van der Waals surface area (Å²) < 4.78 is 7.59. The predicted molar refractivity (Wildman–Crippen MR) is 103 cm³/mol. The van der Waals surface area contributed by atoms with Gasteiger partial charge in [0.2, 0.25) is 0 Å². The molecule has 1 heterocycles. The SMILES string of the molecule is C[Si](C)(C)CCOCn1nc([Si](C)(C)C)c2ccc([N+](=O)[O-])cc21. The third-order valence-corrected chi connectivity index (χ3v) is 7.36. The van der Waals surface area contributed by atoms with Crippen LogP contribution in [0.3, 0.4) is 0 Å². The fourth-order valence-corrected chi connectivity index (χ4v) is 4.65. The van der Waals surface area contributed by atoms with Crippen LogP contribution in [-0.2, 0) is 11.5 Å². The molecule has 0 amide bonds. The highest BCUT2D eigenvalue weighted by molar-refractivity contribution is 6.89. The van der Waals surface area contributed by atoms with Crippen molar-refractivity contribution in [1.29, 1.82) is 0 Å². The normalized spacial score (nSPS) is 12.8. The highest BCUT2D eigenvalue weighted by atomic mass is 28.3. The highest BCUT2D eigenvalue weighted by Crippen LogP contribution is 2.22. The molecule has 0 fully saturated rings. The molecule has 1 aromatic carbocycles. The molecule has 0 saturated carbocycles. The number of aromatic nitrogens is 2. The van der Waals surface area contributed by atoms with Crippen LogP contribution in [0.15, 0.2) is 18.2 Å². The lowest BCUT2D eigenvalue weighted by molar-refractivity contribution is -0.384. The van der Waals surface area contributed by atoms with Gasteiger partial charge in [0.05, 0.1) is 15.8 Å². The standard InChI is InChI=1S/C16H27N3O3Si2/c1-23(2,3)10-9-22-12-18-15-11-13(19(20)21)7-8-14(15)16(17-18)24(4,5)6/h7-8,11H,9-10,12H2,1-6H3. The van der Waals surface area contributed by atoms with Gasteiger partial charge in [-0.15, -0.1) is 0 Å². The van der Waals surface area contributed by atoms with Crippen LogP contribution in [0.5, 0.6) is 0 Å². The number of hydrogen-bond acceptors (Lipinski definition) is 4. The van der Waals surface area contributed by atoms with Gasteiger partial charge in [-0.05, 0) is 12.1 Å². The Balaban J connectivity index is 2.33. The van der Waals surface area contributed by atoms with E-state index in [1.54, 1.807) is 16.8 Å². The molecule has 0 saturated heterocycles. The third-order valence-electron chi connectivity index (χ3n) is 3.87. The summed E-state index contributed by atoms with van der Waals surface area (Å²) >= 11 is 0. The first-order valence-electron chi connectivity index (χ1n) is 8.22. The molecule has 0 radical (unpaired) electrons. The van der Waals surface area contributed by atoms with Crippen LogP contribution in [0.25, 0.3) is 10.9 Å². The summed E-state index contributed by atoms with van der Waals surface area (Å²) in [6.45, 7) is 14.7. The number of nitro groups is 1. The molecule has 0 bridgehead atoms. The fourth-order valence-electron chi connectivity index (χ4n) is 2.46. The third kappa shape index (κ3) is 4.52. The van der Waals surface area contributed by atoms with Crippen LogP contribution >= 0.6 is 0 Å². The van der Waals surface area contributed by atoms with Crippen LogP contribution in [0.1, 0.15) is 0 Å². The average molecular weight is 366 g/mol. The van der Waals surface area contributed by atoms with Crippen molar-refractivity contribution in [3.63, 3.8) is 0 Å². The Bertz CT molecular complexity index is 745. The van der Waals surface area contributed by atoms with E-state index >= 15 is 0 Å². The molecular formula is C16H27N3O3Si2. The predicted octanol–water partition coefficient (Wildman–Crippen LogP) is 3.80. The zero-order valence-electron chi connectivity index (χ0n) is 15.4. The lowest BCUT2D eigenvalue weighted by atomic mass is 10.2. The van der Waals surface area contributed by atoms with E-state index < -0.39 is 16.1 Å². The summed E-state index contributed by atoms with van der Waals surface area (Å²) in [5, 5.41) is 17.9. The molecule has 1 aromatic heterocycles. The van der Waals surface area contributed by atoms with Gasteiger partial charge in [0.25, 0.3) is 5.69 Å². The van der Waals surface area contributed by atoms with Crippen LogP contribution in [0, 0.1) is 10.1 Å². The van der Waals surface area contributed by atoms with Gasteiger partial charge >= 0.3 is 0 Å². The Hall–Kier alpha value is -1.52. The Labute approximate surface area is 145 Å². The molecule has 6 nitrogen and oxygen atoms in total. The van der Waals surface area contributed by atoms with E-state index in [-0.39, 0.29) is 10.6 Å². The second-order valence-corrected chi connectivity index (χ2v) is 19.0. The first kappa shape index (κ1) is 18.8. The van der Waals surface area contributed by atoms with E-state index in [0.29, 0.717) is 13.3 Å². The Morgan fingerprint density at radius 3 is 2.42 bits per heavy atom. The van der Waals surface area contributed by atoms with Crippen LogP contribution in [0.4, 0.5) is 5.69 Å². The minimum atomic E-state index is -1.65. The molecule has 8 heteroatoms. The molecule has 0 atom stereocenters. The molecular weight excluding hydrogens is 338 g/mol. The Morgan fingerprint density at radius 2 is 1.88 bits per heavy atom. The van der Waals surface area contributed by atoms with E-state index in [2.05, 4.69) is 39.3 Å². The smallest absolute Gasteiger partial charge is 0.271 e. The number of nitro benzene ring substituents is 1. The van der Waals surface area contributed by atoms with E-state index in [0.717, 1.165) is 22.3 Å². The van der Waals surface area contributed by atoms with Crippen molar-refractivity contribution in [3.8, 4) is 0 Å². The summed E-state index contributed by atoms with van der Waals surface area (Å²) in [7, 11) is -2.78. The first-order valence-corrected chi connectivity index (χ1v) is 15.4. The zero-order valence-corrected chi connectivity index (χ0v) is 17.4. The van der Waals surface area contributed by atoms with E-state index in [1.165, 1.54) is 0 Å². The number of nitrogens with zero attached hydrogens (tertiary/aromatic N) is 3. The van der Waals surface area contributed by atoms with Gasteiger partial charge in [0.15, 0.2) is 0 Å². The second kappa shape index (κ2) is 6.77. The lowest BCUT2D eigenvalue weighted by Crippen LogP contribution is -2.39. The van der Waals surface area contributed by atoms with Gasteiger partial charge in [-0.25, -0.2) is 4.68 Å². The molecule has 0 aliphatic carbocycles. The molecule has 0 unspecified atom stereocenters. The number of benzene rings is 1. The molecule has 2 aromatic rings. The minimum Gasteiger partial charge on any atom is -0.360 e. The summed E-state index contributed by atoms with van der Waals surface area (Å²) in [5.74, 6) is 0. The Kier molecular flexibility index (Phi) is 5.31. The van der Waals surface area contributed by atoms with Crippen molar-refractivity contribution in [2.45, 2.75) is 52.1 Å². The van der Waals surface area contributed by atoms with Gasteiger partial charge in [-0.1, -0.05) is 39.3 Å². The van der Waals surface area contributed by atoms with Crippen molar-refractivity contribution in [1.82, 2.24) is 9.78 Å². The van der Waals surface area contributed by atoms with Crippen molar-refractivity contribution in [3.05, 3.63) is 28.3 Å². The number of non-ortho nitro benzene ring substituents is 1. The lowest BCUT2D eigenvalue weighted by Gasteiger charge is -2.15. The number of fused-ring (bicyclic) bond motifs is 1. The molecule has 0 aliphatic heterocycles. The average Bonchev–Trinajstić information content (AvgIpc) is 2.80. The molecule has 0 aliphatic rings. The topological polar surface area (TPSA) is 70.2 Å². The van der Waals surface area contributed by atoms with Gasteiger partial charge < -0.3 is 4.74 Å². The quantitative estimate of drug-likeness (QED) is 0.324. The molecule has 0 spiro atoms. The van der Waals surface area contributed by atoms with Crippen LogP contribution in [-0.4, -0.2) is 37.5 Å². The largest absolute Gasteiger partial charge is 0.360 e.